The van der Waals surface area contributed by atoms with Gasteiger partial charge in [0.15, 0.2) is 0 Å². The number of hydrogen-bond acceptors (Lipinski definition) is 2. The van der Waals surface area contributed by atoms with Crippen LogP contribution in [0.15, 0.2) is 18.2 Å². The van der Waals surface area contributed by atoms with Crippen LogP contribution in [0.1, 0.15) is 5.56 Å². The predicted octanol–water partition coefficient (Wildman–Crippen LogP) is 1.11. The van der Waals surface area contributed by atoms with Gasteiger partial charge in [0.25, 0.3) is 11.6 Å². The largest absolute Gasteiger partial charge is 0.478 e. The topological polar surface area (TPSA) is 66.4 Å². The van der Waals surface area contributed by atoms with Crippen LogP contribution in [-0.4, -0.2) is 22.7 Å². The minimum Gasteiger partial charge on any atom is -0.478 e. The molecule has 1 unspecified atom stereocenters. The van der Waals surface area contributed by atoms with Gasteiger partial charge in [0.2, 0.25) is 0 Å². The highest BCUT2D eigenvalue weighted by Gasteiger charge is 2.50. The number of carboxylic acids is 1. The number of rotatable bonds is 1. The lowest BCUT2D eigenvalue weighted by Crippen LogP contribution is -2.50. The fraction of sp³-hybridized carbons (Fsp3) is 0.200. The molecule has 2 N–H and O–H groups in total. The van der Waals surface area contributed by atoms with E-state index in [1.807, 2.05) is 5.32 Å². The number of anilines is 1. The van der Waals surface area contributed by atoms with Crippen molar-refractivity contribution in [2.24, 2.45) is 0 Å². The highest BCUT2D eigenvalue weighted by molar-refractivity contribution is 6.13. The van der Waals surface area contributed by atoms with Crippen molar-refractivity contribution in [1.82, 2.24) is 0 Å². The van der Waals surface area contributed by atoms with E-state index < -0.39 is 29.8 Å². The molecule has 0 spiro atoms. The Morgan fingerprint density at radius 2 is 2.19 bits per heavy atom. The number of amides is 1. The summed E-state index contributed by atoms with van der Waals surface area (Å²) in [7, 11) is 0. The summed E-state index contributed by atoms with van der Waals surface area (Å²) in [6.07, 6.45) is -0.665. The SMILES string of the molecule is O=C(O)C1(F)Cc2cccc(F)c2NC1=O. The molecule has 0 radical (unpaired) electrons. The Morgan fingerprint density at radius 1 is 1.50 bits per heavy atom. The van der Waals surface area contributed by atoms with E-state index in [9.17, 15) is 18.4 Å². The Hall–Kier alpha value is -1.98. The fourth-order valence-corrected chi connectivity index (χ4v) is 1.58. The lowest BCUT2D eigenvalue weighted by atomic mass is 9.90. The number of alkyl halides is 1. The molecule has 16 heavy (non-hydrogen) atoms. The van der Waals surface area contributed by atoms with Gasteiger partial charge >= 0.3 is 5.97 Å². The molecule has 0 fully saturated rings. The monoisotopic (exact) mass is 227 g/mol. The van der Waals surface area contributed by atoms with Crippen LogP contribution < -0.4 is 5.32 Å². The first-order valence-electron chi connectivity index (χ1n) is 4.46. The summed E-state index contributed by atoms with van der Waals surface area (Å²) in [5.74, 6) is -3.93. The number of para-hydroxylation sites is 1. The normalized spacial score (nSPS) is 23.5. The van der Waals surface area contributed by atoms with Crippen LogP contribution in [0.5, 0.6) is 0 Å². The first-order valence-corrected chi connectivity index (χ1v) is 4.46. The van der Waals surface area contributed by atoms with Crippen molar-refractivity contribution in [2.75, 3.05) is 5.32 Å². The van der Waals surface area contributed by atoms with Crippen molar-refractivity contribution in [3.05, 3.63) is 29.6 Å². The van der Waals surface area contributed by atoms with E-state index in [0.717, 1.165) is 6.07 Å². The summed E-state index contributed by atoms with van der Waals surface area (Å²) in [6.45, 7) is 0. The van der Waals surface area contributed by atoms with Crippen LogP contribution in [0.25, 0.3) is 0 Å². The third kappa shape index (κ3) is 1.34. The van der Waals surface area contributed by atoms with Crippen molar-refractivity contribution < 1.29 is 23.5 Å². The lowest BCUT2D eigenvalue weighted by Gasteiger charge is -2.26. The molecule has 0 aliphatic carbocycles. The van der Waals surface area contributed by atoms with E-state index in [4.69, 9.17) is 5.11 Å². The van der Waals surface area contributed by atoms with Gasteiger partial charge in [0.05, 0.1) is 5.69 Å². The predicted molar refractivity (Wildman–Crippen MR) is 50.2 cm³/mol. The van der Waals surface area contributed by atoms with Crippen LogP contribution in [0.2, 0.25) is 0 Å². The highest BCUT2D eigenvalue weighted by Crippen LogP contribution is 2.32. The van der Waals surface area contributed by atoms with Crippen LogP contribution >= 0.6 is 0 Å². The first kappa shape index (κ1) is 10.5. The van der Waals surface area contributed by atoms with E-state index >= 15 is 0 Å². The van der Waals surface area contributed by atoms with Gasteiger partial charge in [-0.15, -0.1) is 0 Å². The maximum absolute atomic E-state index is 13.8. The maximum atomic E-state index is 13.8. The molecule has 1 heterocycles. The van der Waals surface area contributed by atoms with Crippen molar-refractivity contribution >= 4 is 17.6 Å². The second kappa shape index (κ2) is 3.26. The molecule has 1 amide bonds. The minimum atomic E-state index is -3.03. The van der Waals surface area contributed by atoms with Crippen LogP contribution in [0.4, 0.5) is 14.5 Å². The van der Waals surface area contributed by atoms with Gasteiger partial charge < -0.3 is 10.4 Å². The standard InChI is InChI=1S/C10H7F2NO3/c11-6-3-1-2-5-4-10(12,9(15)16)8(14)13-7(5)6/h1-3H,4H2,(H,13,14)(H,15,16). The molecule has 0 bridgehead atoms. The number of hydrogen-bond donors (Lipinski definition) is 2. The molecule has 0 saturated carbocycles. The lowest BCUT2D eigenvalue weighted by molar-refractivity contribution is -0.156. The minimum absolute atomic E-state index is 0.129. The number of carbonyl (C=O) groups excluding carboxylic acids is 1. The van der Waals surface area contributed by atoms with Gasteiger partial charge in [0, 0.05) is 6.42 Å². The molecule has 84 valence electrons. The van der Waals surface area contributed by atoms with Gasteiger partial charge in [-0.1, -0.05) is 12.1 Å². The van der Waals surface area contributed by atoms with Crippen molar-refractivity contribution in [3.63, 3.8) is 0 Å². The van der Waals surface area contributed by atoms with Crippen LogP contribution in [0.3, 0.4) is 0 Å². The second-order valence-electron chi connectivity index (χ2n) is 3.51. The van der Waals surface area contributed by atoms with Crippen molar-refractivity contribution in [1.29, 1.82) is 0 Å². The molecular formula is C10H7F2NO3. The molecule has 1 aliphatic rings. The number of halogens is 2. The highest BCUT2D eigenvalue weighted by atomic mass is 19.1. The zero-order valence-electron chi connectivity index (χ0n) is 7.96. The molecule has 1 aromatic carbocycles. The number of aliphatic carboxylic acids is 1. The Morgan fingerprint density at radius 3 is 2.81 bits per heavy atom. The molecule has 0 saturated heterocycles. The summed E-state index contributed by atoms with van der Waals surface area (Å²) in [5, 5.41) is 10.6. The van der Waals surface area contributed by atoms with E-state index in [2.05, 4.69) is 0 Å². The van der Waals surface area contributed by atoms with Gasteiger partial charge in [0.1, 0.15) is 5.82 Å². The fourth-order valence-electron chi connectivity index (χ4n) is 1.58. The zero-order chi connectivity index (χ0) is 11.9. The average Bonchev–Trinajstić information content (AvgIpc) is 2.21. The van der Waals surface area contributed by atoms with Crippen molar-refractivity contribution in [3.8, 4) is 0 Å². The molecule has 1 atom stereocenters. The average molecular weight is 227 g/mol. The Kier molecular flexibility index (Phi) is 2.15. The summed E-state index contributed by atoms with van der Waals surface area (Å²) >= 11 is 0. The smallest absolute Gasteiger partial charge is 0.351 e. The van der Waals surface area contributed by atoms with Crippen LogP contribution in [-0.2, 0) is 16.0 Å². The van der Waals surface area contributed by atoms with E-state index in [1.165, 1.54) is 12.1 Å². The molecule has 6 heteroatoms. The molecule has 2 rings (SSSR count). The molecule has 0 aromatic heterocycles. The summed E-state index contributed by atoms with van der Waals surface area (Å²) in [6, 6.07) is 3.80. The zero-order valence-corrected chi connectivity index (χ0v) is 7.96. The number of carboxylic acid groups (broad SMARTS) is 1. The Labute approximate surface area is 88.9 Å². The molecule has 1 aromatic rings. The van der Waals surface area contributed by atoms with Crippen LogP contribution in [0, 0.1) is 5.82 Å². The number of fused-ring (bicyclic) bond motifs is 1. The van der Waals surface area contributed by atoms with E-state index in [-0.39, 0.29) is 11.3 Å². The van der Waals surface area contributed by atoms with Crippen molar-refractivity contribution in [2.45, 2.75) is 12.1 Å². The third-order valence-electron chi connectivity index (χ3n) is 2.47. The van der Waals surface area contributed by atoms with Gasteiger partial charge in [-0.05, 0) is 11.6 Å². The summed E-state index contributed by atoms with van der Waals surface area (Å²) < 4.78 is 27.0. The summed E-state index contributed by atoms with van der Waals surface area (Å²) in [5.41, 5.74) is -3.05. The van der Waals surface area contributed by atoms with E-state index in [1.54, 1.807) is 0 Å². The molecule has 1 aliphatic heterocycles. The Bertz CT molecular complexity index is 489. The van der Waals surface area contributed by atoms with E-state index in [0.29, 0.717) is 0 Å². The summed E-state index contributed by atoms with van der Waals surface area (Å²) in [4.78, 5) is 21.9. The first-order chi connectivity index (χ1) is 7.45. The quantitative estimate of drug-likeness (QED) is 0.706. The Balaban J connectivity index is 2.51. The number of nitrogens with one attached hydrogen (secondary N) is 1. The third-order valence-corrected chi connectivity index (χ3v) is 2.47. The van der Waals surface area contributed by atoms with Gasteiger partial charge in [-0.3, -0.25) is 4.79 Å². The van der Waals surface area contributed by atoms with Gasteiger partial charge in [-0.2, -0.15) is 0 Å². The molecule has 4 nitrogen and oxygen atoms in total. The number of carbonyl (C=O) groups is 2. The number of benzene rings is 1. The molecular weight excluding hydrogens is 220 g/mol. The van der Waals surface area contributed by atoms with Gasteiger partial charge in [-0.25, -0.2) is 13.6 Å². The maximum Gasteiger partial charge on any atom is 0.351 e. The second-order valence-corrected chi connectivity index (χ2v) is 3.51.